The van der Waals surface area contributed by atoms with Crippen LogP contribution in [0.1, 0.15) is 34.8 Å². The van der Waals surface area contributed by atoms with Crippen LogP contribution in [0.5, 0.6) is 5.75 Å². The molecule has 230 valence electrons. The zero-order chi connectivity index (χ0) is 30.6. The van der Waals surface area contributed by atoms with Crippen LogP contribution in [0.15, 0.2) is 89.0 Å². The Morgan fingerprint density at radius 2 is 1.84 bits per heavy atom. The average molecular weight is 599 g/mol. The molecule has 2 atom stereocenters. The molecule has 0 aliphatic carbocycles. The largest absolute Gasteiger partial charge is 0.494 e. The average Bonchev–Trinajstić information content (AvgIpc) is 3.45. The molecule has 2 aliphatic heterocycles. The number of morpholine rings is 1. The molecule has 5 rings (SSSR count). The summed E-state index contributed by atoms with van der Waals surface area (Å²) in [6, 6.07) is 24.7. The lowest BCUT2D eigenvalue weighted by Gasteiger charge is -2.32. The summed E-state index contributed by atoms with van der Waals surface area (Å²) in [5, 5.41) is 16.0. The first-order chi connectivity index (χ1) is 21.6. The van der Waals surface area contributed by atoms with Gasteiger partial charge in [0.05, 0.1) is 26.4 Å². The van der Waals surface area contributed by atoms with Crippen molar-refractivity contribution in [2.75, 3.05) is 52.6 Å². The van der Waals surface area contributed by atoms with Gasteiger partial charge in [0.2, 0.25) is 5.90 Å². The van der Waals surface area contributed by atoms with E-state index in [9.17, 15) is 4.79 Å². The van der Waals surface area contributed by atoms with Gasteiger partial charge < -0.3 is 24.6 Å². The molecule has 2 aliphatic rings. The van der Waals surface area contributed by atoms with Crippen molar-refractivity contribution in [1.82, 2.24) is 10.2 Å². The number of benzene rings is 3. The fourth-order valence-electron chi connectivity index (χ4n) is 5.51. The van der Waals surface area contributed by atoms with Crippen LogP contribution < -0.4 is 10.1 Å². The number of hydrogen-bond donors (Lipinski definition) is 2. The van der Waals surface area contributed by atoms with E-state index in [1.165, 1.54) is 0 Å². The van der Waals surface area contributed by atoms with Gasteiger partial charge in [0.25, 0.3) is 5.91 Å². The molecule has 0 radical (unpaired) electrons. The lowest BCUT2D eigenvalue weighted by atomic mass is 9.80. The Labute approximate surface area is 257 Å². The molecule has 0 unspecified atom stereocenters. The van der Waals surface area contributed by atoms with Crippen LogP contribution in [0.3, 0.4) is 0 Å². The Kier molecular flexibility index (Phi) is 10.8. The van der Waals surface area contributed by atoms with E-state index in [0.29, 0.717) is 63.0 Å². The summed E-state index contributed by atoms with van der Waals surface area (Å²) in [5.74, 6) is 0.764. The highest BCUT2D eigenvalue weighted by Crippen LogP contribution is 2.43. The fraction of sp³-hybridized carbons (Fsp3) is 0.394. The van der Waals surface area contributed by atoms with Gasteiger partial charge in [0.1, 0.15) is 5.75 Å². The third-order valence-corrected chi connectivity index (χ3v) is 7.81. The van der Waals surface area contributed by atoms with E-state index < -0.39 is 11.6 Å². The molecule has 11 nitrogen and oxygen atoms in total. The quantitative estimate of drug-likeness (QED) is 0.123. The standard InChI is InChI=1S/C33H38N6O5/c34-38-36-24-27-9-4-5-10-29(27)30-33(23-25-7-2-1-3-8-25,32(41)35-15-16-39-17-21-42-22-18-39)37-31(44-30)26-11-13-28(14-12-26)43-20-6-19-40/h1-5,7-14,30,40H,6,15-24H2,(H,35,41)/t30-,33-/m0/s1. The highest BCUT2D eigenvalue weighted by Gasteiger charge is 2.53. The summed E-state index contributed by atoms with van der Waals surface area (Å²) < 4.78 is 17.8. The van der Waals surface area contributed by atoms with Crippen LogP contribution in [0, 0.1) is 0 Å². The smallest absolute Gasteiger partial charge is 0.252 e. The van der Waals surface area contributed by atoms with Crippen molar-refractivity contribution in [1.29, 1.82) is 0 Å². The molecule has 11 heteroatoms. The lowest BCUT2D eigenvalue weighted by Crippen LogP contribution is -2.52. The summed E-state index contributed by atoms with van der Waals surface area (Å²) in [6.07, 6.45) is 0.0486. The van der Waals surface area contributed by atoms with Crippen LogP contribution in [0.2, 0.25) is 0 Å². The minimum atomic E-state index is -1.34. The van der Waals surface area contributed by atoms with Crippen LogP contribution in [0.25, 0.3) is 10.4 Å². The van der Waals surface area contributed by atoms with Crippen LogP contribution >= 0.6 is 0 Å². The summed E-state index contributed by atoms with van der Waals surface area (Å²) in [5.41, 5.74) is 10.9. The number of rotatable bonds is 14. The molecule has 2 heterocycles. The number of aliphatic hydroxyl groups excluding tert-OH is 1. The van der Waals surface area contributed by atoms with Crippen molar-refractivity contribution >= 4 is 11.8 Å². The maximum atomic E-state index is 14.4. The molecule has 0 aromatic heterocycles. The predicted molar refractivity (Wildman–Crippen MR) is 166 cm³/mol. The number of aliphatic imine (C=N–C) groups is 1. The van der Waals surface area contributed by atoms with E-state index in [-0.39, 0.29) is 19.1 Å². The Hall–Kier alpha value is -4.41. The number of hydrogen-bond acceptors (Lipinski definition) is 8. The second-order valence-electron chi connectivity index (χ2n) is 10.7. The van der Waals surface area contributed by atoms with E-state index in [0.717, 1.165) is 29.8 Å². The molecular weight excluding hydrogens is 560 g/mol. The van der Waals surface area contributed by atoms with E-state index in [4.69, 9.17) is 29.8 Å². The third-order valence-electron chi connectivity index (χ3n) is 7.81. The number of azide groups is 1. The topological polar surface area (TPSA) is 141 Å². The highest BCUT2D eigenvalue weighted by atomic mass is 16.5. The number of nitrogens with one attached hydrogen (secondary N) is 1. The molecule has 1 saturated heterocycles. The predicted octanol–water partition coefficient (Wildman–Crippen LogP) is 4.21. The Morgan fingerprint density at radius 3 is 2.59 bits per heavy atom. The molecule has 0 bridgehead atoms. The van der Waals surface area contributed by atoms with Gasteiger partial charge in [0, 0.05) is 56.1 Å². The molecule has 3 aromatic rings. The van der Waals surface area contributed by atoms with Gasteiger partial charge in [-0.3, -0.25) is 9.69 Å². The van der Waals surface area contributed by atoms with Crippen LogP contribution in [-0.4, -0.2) is 80.0 Å². The van der Waals surface area contributed by atoms with Gasteiger partial charge in [-0.1, -0.05) is 59.7 Å². The van der Waals surface area contributed by atoms with E-state index >= 15 is 0 Å². The molecule has 2 N–H and O–H groups in total. The van der Waals surface area contributed by atoms with Crippen molar-refractivity contribution in [3.8, 4) is 5.75 Å². The second kappa shape index (κ2) is 15.4. The zero-order valence-electron chi connectivity index (χ0n) is 24.7. The van der Waals surface area contributed by atoms with Crippen molar-refractivity contribution in [2.45, 2.75) is 31.0 Å². The van der Waals surface area contributed by atoms with Crippen molar-refractivity contribution in [3.05, 3.63) is 112 Å². The first-order valence-corrected chi connectivity index (χ1v) is 14.9. The normalized spacial score (nSPS) is 19.8. The summed E-state index contributed by atoms with van der Waals surface area (Å²) in [6.45, 7) is 4.74. The number of ether oxygens (including phenoxy) is 3. The SMILES string of the molecule is [N-]=[N+]=NCc1ccccc1[C@@H]1OC(c2ccc(OCCCO)cc2)=N[C@]1(Cc1ccccc1)C(=O)NCCN1CCOCC1. The molecule has 0 spiro atoms. The van der Waals surface area contributed by atoms with Gasteiger partial charge in [-0.25, -0.2) is 4.99 Å². The maximum absolute atomic E-state index is 14.4. The number of aliphatic hydroxyl groups is 1. The molecule has 1 amide bonds. The van der Waals surface area contributed by atoms with Crippen LogP contribution in [-0.2, 0) is 27.2 Å². The van der Waals surface area contributed by atoms with Gasteiger partial charge in [-0.15, -0.1) is 0 Å². The fourth-order valence-corrected chi connectivity index (χ4v) is 5.51. The molecule has 1 fully saturated rings. The van der Waals surface area contributed by atoms with Gasteiger partial charge in [-0.05, 0) is 46.5 Å². The Morgan fingerprint density at radius 1 is 1.09 bits per heavy atom. The first kappa shape index (κ1) is 31.0. The Balaban J connectivity index is 1.52. The molecule has 0 saturated carbocycles. The summed E-state index contributed by atoms with van der Waals surface area (Å²) >= 11 is 0. The minimum absolute atomic E-state index is 0.0588. The number of carbonyl (C=O) groups excluding carboxylic acids is 1. The number of amides is 1. The minimum Gasteiger partial charge on any atom is -0.494 e. The van der Waals surface area contributed by atoms with E-state index in [2.05, 4.69) is 20.2 Å². The number of nitrogens with zero attached hydrogens (tertiary/aromatic N) is 5. The summed E-state index contributed by atoms with van der Waals surface area (Å²) in [7, 11) is 0. The lowest BCUT2D eigenvalue weighted by molar-refractivity contribution is -0.129. The Bertz CT molecular complexity index is 1460. The monoisotopic (exact) mass is 598 g/mol. The van der Waals surface area contributed by atoms with Crippen molar-refractivity contribution in [3.63, 3.8) is 0 Å². The second-order valence-corrected chi connectivity index (χ2v) is 10.7. The first-order valence-electron chi connectivity index (χ1n) is 14.9. The third kappa shape index (κ3) is 7.56. The molecule has 44 heavy (non-hydrogen) atoms. The molecular formula is C33H38N6O5. The van der Waals surface area contributed by atoms with Crippen molar-refractivity contribution in [2.24, 2.45) is 10.1 Å². The van der Waals surface area contributed by atoms with Crippen LogP contribution in [0.4, 0.5) is 0 Å². The zero-order valence-corrected chi connectivity index (χ0v) is 24.7. The molecule has 3 aromatic carbocycles. The van der Waals surface area contributed by atoms with Gasteiger partial charge in [-0.2, -0.15) is 0 Å². The van der Waals surface area contributed by atoms with E-state index in [1.807, 2.05) is 78.9 Å². The van der Waals surface area contributed by atoms with Gasteiger partial charge in [0.15, 0.2) is 11.6 Å². The summed E-state index contributed by atoms with van der Waals surface area (Å²) in [4.78, 5) is 24.8. The van der Waals surface area contributed by atoms with E-state index in [1.54, 1.807) is 0 Å². The number of carbonyl (C=O) groups is 1. The maximum Gasteiger partial charge on any atom is 0.252 e. The van der Waals surface area contributed by atoms with Gasteiger partial charge >= 0.3 is 0 Å². The highest BCUT2D eigenvalue weighted by molar-refractivity contribution is 6.01. The van der Waals surface area contributed by atoms with Crippen molar-refractivity contribution < 1.29 is 24.1 Å².